The summed E-state index contributed by atoms with van der Waals surface area (Å²) in [6.07, 6.45) is 0.689. The lowest BCUT2D eigenvalue weighted by molar-refractivity contribution is -0.136. The van der Waals surface area contributed by atoms with Crippen molar-refractivity contribution in [2.45, 2.75) is 19.8 Å². The van der Waals surface area contributed by atoms with E-state index in [4.69, 9.17) is 10.4 Å². The Morgan fingerprint density at radius 3 is 2.60 bits per heavy atom. The summed E-state index contributed by atoms with van der Waals surface area (Å²) in [5, 5.41) is 17.6. The molecule has 0 fully saturated rings. The van der Waals surface area contributed by atoms with Gasteiger partial charge in [-0.05, 0) is 33.5 Å². The lowest BCUT2D eigenvalue weighted by Crippen LogP contribution is -2.03. The van der Waals surface area contributed by atoms with Crippen LogP contribution >= 0.6 is 15.9 Å². The van der Waals surface area contributed by atoms with Crippen LogP contribution < -0.4 is 0 Å². The number of nitrogens with zero attached hydrogens (tertiary/aromatic N) is 1. The molecule has 0 heterocycles. The summed E-state index contributed by atoms with van der Waals surface area (Å²) < 4.78 is 0.603. The summed E-state index contributed by atoms with van der Waals surface area (Å²) in [7, 11) is 0. The molecule has 78 valence electrons. The van der Waals surface area contributed by atoms with Gasteiger partial charge in [-0.2, -0.15) is 5.26 Å². The molecule has 0 unspecified atom stereocenters. The van der Waals surface area contributed by atoms with Gasteiger partial charge in [-0.15, -0.1) is 0 Å². The first-order valence-corrected chi connectivity index (χ1v) is 5.31. The van der Waals surface area contributed by atoms with Gasteiger partial charge >= 0.3 is 5.97 Å². The van der Waals surface area contributed by atoms with Crippen LogP contribution in [0.15, 0.2) is 16.6 Å². The molecule has 0 aliphatic carbocycles. The second-order valence-electron chi connectivity index (χ2n) is 3.11. The molecule has 0 saturated carbocycles. The average Bonchev–Trinajstić information content (AvgIpc) is 2.20. The molecule has 0 spiro atoms. The van der Waals surface area contributed by atoms with Crippen molar-refractivity contribution < 1.29 is 9.90 Å². The highest BCUT2D eigenvalue weighted by molar-refractivity contribution is 9.10. The van der Waals surface area contributed by atoms with Crippen LogP contribution in [0.2, 0.25) is 0 Å². The summed E-state index contributed by atoms with van der Waals surface area (Å²) in [6.45, 7) is 1.96. The Morgan fingerprint density at radius 2 is 2.13 bits per heavy atom. The van der Waals surface area contributed by atoms with Crippen LogP contribution in [0.1, 0.15) is 23.6 Å². The minimum absolute atomic E-state index is 0.0702. The first-order valence-electron chi connectivity index (χ1n) is 4.52. The summed E-state index contributed by atoms with van der Waals surface area (Å²) in [5.41, 5.74) is 2.10. The van der Waals surface area contributed by atoms with E-state index in [9.17, 15) is 4.79 Å². The number of carboxylic acid groups (broad SMARTS) is 1. The van der Waals surface area contributed by atoms with Crippen molar-refractivity contribution in [2.75, 3.05) is 0 Å². The first-order chi connectivity index (χ1) is 7.10. The van der Waals surface area contributed by atoms with Crippen LogP contribution in [0.4, 0.5) is 0 Å². The predicted molar refractivity (Wildman–Crippen MR) is 59.6 cm³/mol. The highest BCUT2D eigenvalue weighted by atomic mass is 79.9. The number of aliphatic carboxylic acids is 1. The van der Waals surface area contributed by atoms with E-state index >= 15 is 0 Å². The van der Waals surface area contributed by atoms with Gasteiger partial charge in [0.05, 0.1) is 12.0 Å². The fourth-order valence-electron chi connectivity index (χ4n) is 1.37. The van der Waals surface area contributed by atoms with E-state index in [0.29, 0.717) is 15.6 Å². The Hall–Kier alpha value is -1.34. The molecule has 1 N–H and O–H groups in total. The number of nitriles is 1. The molecule has 1 aromatic carbocycles. The number of halogens is 1. The SMILES string of the molecule is CCc1ccc(CC(=O)O)c(Br)c1C#N. The summed E-state index contributed by atoms with van der Waals surface area (Å²) >= 11 is 3.28. The molecule has 0 atom stereocenters. The van der Waals surface area contributed by atoms with Gasteiger partial charge in [0, 0.05) is 4.47 Å². The molecule has 0 saturated heterocycles. The Balaban J connectivity index is 3.24. The van der Waals surface area contributed by atoms with Crippen molar-refractivity contribution in [3.05, 3.63) is 33.3 Å². The number of carbonyl (C=O) groups is 1. The third kappa shape index (κ3) is 2.57. The Bertz CT molecular complexity index is 435. The second-order valence-corrected chi connectivity index (χ2v) is 3.90. The zero-order chi connectivity index (χ0) is 11.4. The van der Waals surface area contributed by atoms with Crippen molar-refractivity contribution in [1.82, 2.24) is 0 Å². The fraction of sp³-hybridized carbons (Fsp3) is 0.273. The number of hydrogen-bond acceptors (Lipinski definition) is 2. The van der Waals surface area contributed by atoms with Gasteiger partial charge in [-0.3, -0.25) is 4.79 Å². The highest BCUT2D eigenvalue weighted by Gasteiger charge is 2.11. The zero-order valence-corrected chi connectivity index (χ0v) is 9.84. The highest BCUT2D eigenvalue weighted by Crippen LogP contribution is 2.25. The van der Waals surface area contributed by atoms with E-state index < -0.39 is 5.97 Å². The monoisotopic (exact) mass is 267 g/mol. The number of hydrogen-bond donors (Lipinski definition) is 1. The lowest BCUT2D eigenvalue weighted by Gasteiger charge is -2.07. The van der Waals surface area contributed by atoms with Crippen LogP contribution in [0, 0.1) is 11.3 Å². The molecule has 3 nitrogen and oxygen atoms in total. The quantitative estimate of drug-likeness (QED) is 0.916. The maximum Gasteiger partial charge on any atom is 0.307 e. The number of benzene rings is 1. The van der Waals surface area contributed by atoms with Gasteiger partial charge in [0.25, 0.3) is 0 Å². The molecule has 0 bridgehead atoms. The van der Waals surface area contributed by atoms with E-state index in [2.05, 4.69) is 22.0 Å². The molecular weight excluding hydrogens is 258 g/mol. The maximum absolute atomic E-state index is 10.6. The predicted octanol–water partition coefficient (Wildman–Crippen LogP) is 2.51. The Labute approximate surface area is 96.5 Å². The van der Waals surface area contributed by atoms with E-state index in [-0.39, 0.29) is 6.42 Å². The smallest absolute Gasteiger partial charge is 0.307 e. The molecule has 1 rings (SSSR count). The van der Waals surface area contributed by atoms with Crippen molar-refractivity contribution in [1.29, 1.82) is 5.26 Å². The fourth-order valence-corrected chi connectivity index (χ4v) is 1.99. The molecule has 0 aliphatic heterocycles. The summed E-state index contributed by atoms with van der Waals surface area (Å²) in [6, 6.07) is 5.64. The van der Waals surface area contributed by atoms with E-state index in [1.807, 2.05) is 13.0 Å². The Kier molecular flexibility index (Phi) is 3.87. The van der Waals surface area contributed by atoms with Crippen molar-refractivity contribution in [3.8, 4) is 6.07 Å². The van der Waals surface area contributed by atoms with Gasteiger partial charge in [-0.25, -0.2) is 0 Å². The van der Waals surface area contributed by atoms with Gasteiger partial charge in [-0.1, -0.05) is 19.1 Å². The third-order valence-corrected chi connectivity index (χ3v) is 3.05. The minimum Gasteiger partial charge on any atom is -0.481 e. The lowest BCUT2D eigenvalue weighted by atomic mass is 10.0. The molecule has 15 heavy (non-hydrogen) atoms. The zero-order valence-electron chi connectivity index (χ0n) is 8.25. The number of carboxylic acids is 1. The van der Waals surface area contributed by atoms with Crippen molar-refractivity contribution in [3.63, 3.8) is 0 Å². The molecule has 0 radical (unpaired) electrons. The van der Waals surface area contributed by atoms with Crippen molar-refractivity contribution in [2.24, 2.45) is 0 Å². The van der Waals surface area contributed by atoms with Gasteiger partial charge in [0.15, 0.2) is 0 Å². The maximum atomic E-state index is 10.6. The van der Waals surface area contributed by atoms with Crippen LogP contribution in [0.25, 0.3) is 0 Å². The van der Waals surface area contributed by atoms with Crippen LogP contribution in [0.5, 0.6) is 0 Å². The third-order valence-electron chi connectivity index (χ3n) is 2.14. The van der Waals surface area contributed by atoms with E-state index in [1.54, 1.807) is 6.07 Å². The second kappa shape index (κ2) is 4.94. The first kappa shape index (κ1) is 11.7. The van der Waals surface area contributed by atoms with Crippen LogP contribution in [-0.2, 0) is 17.6 Å². The van der Waals surface area contributed by atoms with Crippen molar-refractivity contribution >= 4 is 21.9 Å². The molecule has 4 heteroatoms. The molecule has 0 amide bonds. The molecular formula is C11H10BrNO2. The number of aryl methyl sites for hydroxylation is 1. The Morgan fingerprint density at radius 1 is 1.53 bits per heavy atom. The van der Waals surface area contributed by atoms with Crippen LogP contribution in [0.3, 0.4) is 0 Å². The molecule has 0 aromatic heterocycles. The standard InChI is InChI=1S/C11H10BrNO2/c1-2-7-3-4-8(5-10(14)15)11(12)9(7)6-13/h3-4H,2,5H2,1H3,(H,14,15). The molecule has 0 aliphatic rings. The summed E-state index contributed by atoms with van der Waals surface area (Å²) in [4.78, 5) is 10.6. The van der Waals surface area contributed by atoms with Crippen LogP contribution in [-0.4, -0.2) is 11.1 Å². The van der Waals surface area contributed by atoms with Gasteiger partial charge in [0.1, 0.15) is 6.07 Å². The number of rotatable bonds is 3. The van der Waals surface area contributed by atoms with E-state index in [1.165, 1.54) is 0 Å². The largest absolute Gasteiger partial charge is 0.481 e. The minimum atomic E-state index is -0.899. The van der Waals surface area contributed by atoms with E-state index in [0.717, 1.165) is 12.0 Å². The average molecular weight is 268 g/mol. The topological polar surface area (TPSA) is 61.1 Å². The van der Waals surface area contributed by atoms with Gasteiger partial charge < -0.3 is 5.11 Å². The molecule has 1 aromatic rings. The normalized spacial score (nSPS) is 9.67. The van der Waals surface area contributed by atoms with Gasteiger partial charge in [0.2, 0.25) is 0 Å². The summed E-state index contributed by atoms with van der Waals surface area (Å²) in [5.74, 6) is -0.899.